The number of sulfonamides is 1. The minimum absolute atomic E-state index is 0.428. The van der Waals surface area contributed by atoms with E-state index < -0.39 is 69.7 Å². The number of rotatable bonds is 8. The lowest BCUT2D eigenvalue weighted by molar-refractivity contribution is -0.253. The van der Waals surface area contributed by atoms with E-state index in [-0.39, 0.29) is 0 Å². The molecule has 0 aromatic heterocycles. The van der Waals surface area contributed by atoms with E-state index in [0.717, 1.165) is 6.21 Å². The van der Waals surface area contributed by atoms with Crippen LogP contribution in [0.2, 0.25) is 0 Å². The molecule has 0 aromatic carbocycles. The van der Waals surface area contributed by atoms with E-state index >= 15 is 0 Å². The van der Waals surface area contributed by atoms with E-state index in [1.807, 2.05) is 0 Å². The summed E-state index contributed by atoms with van der Waals surface area (Å²) in [5.41, 5.74) is -4.97. The monoisotopic (exact) mass is 476 g/mol. The zero-order valence-electron chi connectivity index (χ0n) is 18.7. The van der Waals surface area contributed by atoms with E-state index in [1.54, 1.807) is 41.5 Å². The molecule has 0 radical (unpaired) electrons. The second kappa shape index (κ2) is 10.2. The van der Waals surface area contributed by atoms with Crippen LogP contribution in [0.4, 0.5) is 18.0 Å². The second-order valence-corrected chi connectivity index (χ2v) is 10.8. The number of carbonyl (C=O) groups excluding carboxylic acids is 2. The van der Waals surface area contributed by atoms with Gasteiger partial charge in [0.2, 0.25) is 0 Å². The van der Waals surface area contributed by atoms with Gasteiger partial charge in [-0.2, -0.15) is 17.6 Å². The third-order valence-electron chi connectivity index (χ3n) is 3.42. The molecule has 0 bridgehead atoms. The number of halogens is 3. The summed E-state index contributed by atoms with van der Waals surface area (Å²) < 4.78 is 75.1. The van der Waals surface area contributed by atoms with E-state index in [9.17, 15) is 36.3 Å². The van der Waals surface area contributed by atoms with Crippen LogP contribution < -0.4 is 5.32 Å². The molecule has 0 aliphatic carbocycles. The van der Waals surface area contributed by atoms with Gasteiger partial charge < -0.3 is 19.9 Å². The first-order chi connectivity index (χ1) is 13.5. The molecular formula is C18H31F3N2O7S. The van der Waals surface area contributed by atoms with Crippen molar-refractivity contribution in [3.8, 4) is 0 Å². The number of nitrogens with zero attached hydrogens (tertiary/aromatic N) is 1. The number of hydrogen-bond donors (Lipinski definition) is 2. The molecule has 2 N–H and O–H groups in total. The molecule has 1 amide bonds. The minimum atomic E-state index is -5.01. The summed E-state index contributed by atoms with van der Waals surface area (Å²) in [6, 6.07) is -1.36. The van der Waals surface area contributed by atoms with Crippen LogP contribution in [-0.4, -0.2) is 66.6 Å². The summed E-state index contributed by atoms with van der Waals surface area (Å²) in [6.07, 6.45) is -6.75. The molecule has 0 aromatic rings. The van der Waals surface area contributed by atoms with Crippen LogP contribution in [-0.2, 0) is 24.3 Å². The molecule has 0 fully saturated rings. The number of carbonyl (C=O) groups is 2. The zero-order chi connectivity index (χ0) is 24.9. The van der Waals surface area contributed by atoms with Crippen molar-refractivity contribution in [2.75, 3.05) is 5.75 Å². The number of alkyl carbamates (subject to hydrolysis) is 1. The topological polar surface area (TPSA) is 131 Å². The van der Waals surface area contributed by atoms with Crippen LogP contribution in [0.3, 0.4) is 0 Å². The van der Waals surface area contributed by atoms with Crippen LogP contribution in [0, 0.1) is 0 Å². The standard InChI is InChI=1S/C18H31F3N2O7S/c1-15(2,3)29-13(24)12(23-14(25)30-16(4,5)6)8-10-22-31(27,28)11-9-17(7,26)18(19,20)21/h10,12,26H,8-9,11H2,1-7H3,(H,23,25)/t12-,17?/m0/s1. The third-order valence-corrected chi connectivity index (χ3v) is 4.61. The Labute approximate surface area is 180 Å². The summed E-state index contributed by atoms with van der Waals surface area (Å²) >= 11 is 0. The second-order valence-electron chi connectivity index (χ2n) is 9.06. The van der Waals surface area contributed by atoms with Crippen molar-refractivity contribution in [2.24, 2.45) is 4.40 Å². The maximum atomic E-state index is 12.6. The summed E-state index contributed by atoms with van der Waals surface area (Å²) in [5, 5.41) is 11.6. The molecule has 9 nitrogen and oxygen atoms in total. The summed E-state index contributed by atoms with van der Waals surface area (Å²) in [6.45, 7) is 9.99. The van der Waals surface area contributed by atoms with Crippen LogP contribution in [0.5, 0.6) is 0 Å². The SMILES string of the molecule is CC(C)(C)OC(=O)N[C@@H](CC=NS(=O)(=O)CCC(C)(O)C(F)(F)F)C(=O)OC(C)(C)C. The Morgan fingerprint density at radius 2 is 1.52 bits per heavy atom. The molecule has 0 aliphatic heterocycles. The first kappa shape index (κ1) is 29.1. The molecule has 0 heterocycles. The Balaban J connectivity index is 5.27. The van der Waals surface area contributed by atoms with Gasteiger partial charge in [0.25, 0.3) is 10.0 Å². The molecule has 0 rings (SSSR count). The predicted molar refractivity (Wildman–Crippen MR) is 107 cm³/mol. The van der Waals surface area contributed by atoms with E-state index in [2.05, 4.69) is 9.71 Å². The number of esters is 1. The van der Waals surface area contributed by atoms with Gasteiger partial charge >= 0.3 is 18.2 Å². The van der Waals surface area contributed by atoms with Gasteiger partial charge in [0, 0.05) is 19.1 Å². The number of aliphatic hydroxyl groups is 1. The summed E-state index contributed by atoms with van der Waals surface area (Å²) in [5.74, 6) is -1.96. The van der Waals surface area contributed by atoms with E-state index in [0.29, 0.717) is 6.92 Å². The highest BCUT2D eigenvalue weighted by atomic mass is 32.2. The summed E-state index contributed by atoms with van der Waals surface area (Å²) in [7, 11) is -4.38. The molecular weight excluding hydrogens is 445 g/mol. The number of ether oxygens (including phenoxy) is 2. The molecule has 31 heavy (non-hydrogen) atoms. The molecule has 0 saturated heterocycles. The van der Waals surface area contributed by atoms with Gasteiger partial charge in [-0.15, -0.1) is 0 Å². The van der Waals surface area contributed by atoms with Crippen LogP contribution in [0.25, 0.3) is 0 Å². The lowest BCUT2D eigenvalue weighted by atomic mass is 10.0. The van der Waals surface area contributed by atoms with Crippen molar-refractivity contribution < 1.29 is 45.8 Å². The molecule has 2 atom stereocenters. The Hall–Kier alpha value is -1.89. The maximum absolute atomic E-state index is 12.6. The van der Waals surface area contributed by atoms with Gasteiger partial charge in [-0.05, 0) is 48.5 Å². The maximum Gasteiger partial charge on any atom is 0.416 e. The van der Waals surface area contributed by atoms with Gasteiger partial charge in [0.1, 0.15) is 17.2 Å². The van der Waals surface area contributed by atoms with Crippen molar-refractivity contribution in [2.45, 2.75) is 90.3 Å². The van der Waals surface area contributed by atoms with Gasteiger partial charge in [-0.25, -0.2) is 18.0 Å². The highest BCUT2D eigenvalue weighted by Gasteiger charge is 2.49. The molecule has 182 valence electrons. The van der Waals surface area contributed by atoms with Crippen LogP contribution in [0.1, 0.15) is 61.3 Å². The highest BCUT2D eigenvalue weighted by Crippen LogP contribution is 2.32. The quantitative estimate of drug-likeness (QED) is 0.407. The molecule has 0 saturated carbocycles. The fourth-order valence-corrected chi connectivity index (χ4v) is 2.89. The van der Waals surface area contributed by atoms with Gasteiger partial charge in [0.15, 0.2) is 5.60 Å². The Morgan fingerprint density at radius 1 is 1.03 bits per heavy atom. The average Bonchev–Trinajstić information content (AvgIpc) is 2.47. The fourth-order valence-electron chi connectivity index (χ4n) is 1.82. The zero-order valence-corrected chi connectivity index (χ0v) is 19.5. The van der Waals surface area contributed by atoms with Crippen molar-refractivity contribution in [3.63, 3.8) is 0 Å². The average molecular weight is 477 g/mol. The van der Waals surface area contributed by atoms with Crippen molar-refractivity contribution in [1.29, 1.82) is 0 Å². The van der Waals surface area contributed by atoms with Crippen molar-refractivity contribution in [3.05, 3.63) is 0 Å². The van der Waals surface area contributed by atoms with Crippen LogP contribution >= 0.6 is 0 Å². The lowest BCUT2D eigenvalue weighted by Crippen LogP contribution is -2.46. The molecule has 13 heteroatoms. The van der Waals surface area contributed by atoms with Crippen molar-refractivity contribution >= 4 is 28.3 Å². The van der Waals surface area contributed by atoms with Gasteiger partial charge in [-0.3, -0.25) is 0 Å². The Morgan fingerprint density at radius 3 is 1.94 bits per heavy atom. The molecule has 0 aliphatic rings. The normalized spacial score (nSPS) is 16.5. The Kier molecular flexibility index (Phi) is 9.53. The Bertz CT molecular complexity index is 764. The number of alkyl halides is 3. The van der Waals surface area contributed by atoms with E-state index in [4.69, 9.17) is 9.47 Å². The van der Waals surface area contributed by atoms with Crippen molar-refractivity contribution in [1.82, 2.24) is 5.32 Å². The first-order valence-electron chi connectivity index (χ1n) is 9.33. The van der Waals surface area contributed by atoms with Gasteiger partial charge in [0.05, 0.1) is 5.75 Å². The molecule has 1 unspecified atom stereocenters. The fraction of sp³-hybridized carbons (Fsp3) is 0.833. The predicted octanol–water partition coefficient (Wildman–Crippen LogP) is 2.72. The first-order valence-corrected chi connectivity index (χ1v) is 10.9. The number of amides is 1. The third kappa shape index (κ3) is 12.5. The summed E-state index contributed by atoms with van der Waals surface area (Å²) in [4.78, 5) is 24.3. The van der Waals surface area contributed by atoms with E-state index in [1.165, 1.54) is 0 Å². The van der Waals surface area contributed by atoms with Crippen LogP contribution in [0.15, 0.2) is 4.40 Å². The molecule has 0 spiro atoms. The number of nitrogens with one attached hydrogen (secondary N) is 1. The van der Waals surface area contributed by atoms with Gasteiger partial charge in [-0.1, -0.05) is 0 Å². The number of hydrogen-bond acceptors (Lipinski definition) is 7. The lowest BCUT2D eigenvalue weighted by Gasteiger charge is -2.26. The largest absolute Gasteiger partial charge is 0.458 e. The highest BCUT2D eigenvalue weighted by molar-refractivity contribution is 7.90. The minimum Gasteiger partial charge on any atom is -0.458 e. The smallest absolute Gasteiger partial charge is 0.416 e.